The van der Waals surface area contributed by atoms with Crippen molar-refractivity contribution in [2.24, 2.45) is 0 Å². The third-order valence-corrected chi connectivity index (χ3v) is 5.12. The summed E-state index contributed by atoms with van der Waals surface area (Å²) in [7, 11) is 0. The number of thiophene rings is 1. The van der Waals surface area contributed by atoms with Crippen LogP contribution in [0, 0.1) is 6.92 Å². The summed E-state index contributed by atoms with van der Waals surface area (Å²) in [6.07, 6.45) is 2.23. The lowest BCUT2D eigenvalue weighted by Crippen LogP contribution is -2.11. The van der Waals surface area contributed by atoms with Gasteiger partial charge in [-0.3, -0.25) is 4.79 Å². The molecule has 2 heterocycles. The molecule has 122 valence electrons. The Kier molecular flexibility index (Phi) is 3.86. The molecule has 0 unspecified atom stereocenters. The molecule has 1 aliphatic rings. The van der Waals surface area contributed by atoms with E-state index in [2.05, 4.69) is 15.5 Å². The maximum Gasteiger partial charge on any atom is 0.255 e. The molecule has 0 radical (unpaired) electrons. The smallest absolute Gasteiger partial charge is 0.255 e. The van der Waals surface area contributed by atoms with Gasteiger partial charge in [0.1, 0.15) is 0 Å². The minimum absolute atomic E-state index is 0.197. The summed E-state index contributed by atoms with van der Waals surface area (Å²) in [5.74, 6) is 1.51. The monoisotopic (exact) mass is 359 g/mol. The Morgan fingerprint density at radius 2 is 2.21 bits per heavy atom. The van der Waals surface area contributed by atoms with Crippen LogP contribution in [0.25, 0.3) is 10.7 Å². The highest BCUT2D eigenvalue weighted by atomic mass is 35.5. The normalized spacial score (nSPS) is 13.9. The summed E-state index contributed by atoms with van der Waals surface area (Å²) in [4.78, 5) is 18.7. The summed E-state index contributed by atoms with van der Waals surface area (Å²) in [6.45, 7) is 1.95. The number of benzene rings is 1. The van der Waals surface area contributed by atoms with E-state index in [1.807, 2.05) is 13.0 Å². The molecule has 2 aromatic heterocycles. The van der Waals surface area contributed by atoms with Gasteiger partial charge in [-0.1, -0.05) is 22.8 Å². The molecule has 0 spiro atoms. The first kappa shape index (κ1) is 15.4. The van der Waals surface area contributed by atoms with E-state index in [1.54, 1.807) is 24.3 Å². The molecule has 1 aliphatic carbocycles. The molecule has 0 bridgehead atoms. The van der Waals surface area contributed by atoms with E-state index in [0.29, 0.717) is 28.2 Å². The van der Waals surface area contributed by atoms with Crippen molar-refractivity contribution < 1.29 is 9.32 Å². The van der Waals surface area contributed by atoms with E-state index in [-0.39, 0.29) is 5.91 Å². The number of hydrogen-bond acceptors (Lipinski definition) is 5. The summed E-state index contributed by atoms with van der Waals surface area (Å²) >= 11 is 7.46. The fourth-order valence-corrected chi connectivity index (χ4v) is 3.46. The predicted octanol–water partition coefficient (Wildman–Crippen LogP) is 4.89. The van der Waals surface area contributed by atoms with Gasteiger partial charge in [-0.25, -0.2) is 0 Å². The summed E-state index contributed by atoms with van der Waals surface area (Å²) < 4.78 is 5.30. The van der Waals surface area contributed by atoms with Crippen molar-refractivity contribution in [1.29, 1.82) is 0 Å². The maximum absolute atomic E-state index is 12.4. The second kappa shape index (κ2) is 6.03. The average molecular weight is 360 g/mol. The van der Waals surface area contributed by atoms with Gasteiger partial charge in [0.15, 0.2) is 0 Å². The second-order valence-electron chi connectivity index (χ2n) is 5.78. The number of aryl methyl sites for hydroxylation is 1. The van der Waals surface area contributed by atoms with E-state index in [9.17, 15) is 4.79 Å². The Morgan fingerprint density at radius 1 is 1.38 bits per heavy atom. The predicted molar refractivity (Wildman–Crippen MR) is 93.7 cm³/mol. The zero-order chi connectivity index (χ0) is 16.7. The van der Waals surface area contributed by atoms with Crippen LogP contribution in [-0.2, 0) is 0 Å². The van der Waals surface area contributed by atoms with Gasteiger partial charge in [0, 0.05) is 21.4 Å². The van der Waals surface area contributed by atoms with Crippen molar-refractivity contribution in [3.63, 3.8) is 0 Å². The van der Waals surface area contributed by atoms with Gasteiger partial charge in [-0.05, 0) is 44.0 Å². The van der Waals surface area contributed by atoms with Gasteiger partial charge in [0.2, 0.25) is 11.7 Å². The number of halogens is 1. The van der Waals surface area contributed by atoms with Crippen molar-refractivity contribution in [3.05, 3.63) is 51.7 Å². The third kappa shape index (κ3) is 3.07. The molecule has 1 saturated carbocycles. The molecule has 4 rings (SSSR count). The Morgan fingerprint density at radius 3 is 2.96 bits per heavy atom. The minimum Gasteiger partial charge on any atom is -0.339 e. The molecule has 1 N–H and O–H groups in total. The van der Waals surface area contributed by atoms with Crippen LogP contribution in [0.5, 0.6) is 0 Å². The number of rotatable bonds is 4. The van der Waals surface area contributed by atoms with Gasteiger partial charge in [-0.15, -0.1) is 11.3 Å². The van der Waals surface area contributed by atoms with Crippen LogP contribution in [0.15, 0.2) is 34.9 Å². The van der Waals surface area contributed by atoms with Gasteiger partial charge in [-0.2, -0.15) is 4.98 Å². The highest BCUT2D eigenvalue weighted by molar-refractivity contribution is 7.16. The second-order valence-corrected chi connectivity index (χ2v) is 7.47. The maximum atomic E-state index is 12.4. The third-order valence-electron chi connectivity index (χ3n) is 3.84. The van der Waals surface area contributed by atoms with E-state index < -0.39 is 0 Å². The largest absolute Gasteiger partial charge is 0.339 e. The number of amides is 1. The van der Waals surface area contributed by atoms with Crippen molar-refractivity contribution in [2.45, 2.75) is 25.7 Å². The molecular weight excluding hydrogens is 346 g/mol. The van der Waals surface area contributed by atoms with Gasteiger partial charge in [0.05, 0.1) is 10.6 Å². The van der Waals surface area contributed by atoms with Crippen LogP contribution >= 0.6 is 22.9 Å². The van der Waals surface area contributed by atoms with E-state index in [0.717, 1.165) is 28.3 Å². The first-order chi connectivity index (χ1) is 11.6. The summed E-state index contributed by atoms with van der Waals surface area (Å²) in [6, 6.07) is 8.73. The Labute approximate surface area is 147 Å². The number of carbonyl (C=O) groups excluding carboxylic acids is 1. The zero-order valence-electron chi connectivity index (χ0n) is 12.9. The quantitative estimate of drug-likeness (QED) is 0.720. The lowest BCUT2D eigenvalue weighted by molar-refractivity contribution is 0.102. The van der Waals surface area contributed by atoms with E-state index in [4.69, 9.17) is 16.1 Å². The molecule has 24 heavy (non-hydrogen) atoms. The first-order valence-corrected chi connectivity index (χ1v) is 8.81. The standard InChI is InChI=1S/C17H14ClN3O2S/c1-9-13(19-16(22)11-3-2-4-12(18)7-11)8-14(24-9)15-20-17(23-21-15)10-5-6-10/h2-4,7-8,10H,5-6H2,1H3,(H,19,22). The lowest BCUT2D eigenvalue weighted by Gasteiger charge is -2.04. The van der Waals surface area contributed by atoms with Gasteiger partial charge in [0.25, 0.3) is 5.91 Å². The van der Waals surface area contributed by atoms with E-state index in [1.165, 1.54) is 11.3 Å². The number of aromatic nitrogens is 2. The molecule has 3 aromatic rings. The number of anilines is 1. The topological polar surface area (TPSA) is 68.0 Å². The summed E-state index contributed by atoms with van der Waals surface area (Å²) in [5, 5.41) is 7.49. The molecule has 0 aliphatic heterocycles. The molecule has 5 nitrogen and oxygen atoms in total. The Hall–Kier alpha value is -2.18. The van der Waals surface area contributed by atoms with Gasteiger partial charge < -0.3 is 9.84 Å². The molecular formula is C17H14ClN3O2S. The lowest BCUT2D eigenvalue weighted by atomic mass is 10.2. The fraction of sp³-hybridized carbons (Fsp3) is 0.235. The average Bonchev–Trinajstić information content (AvgIpc) is 3.18. The molecule has 1 aromatic carbocycles. The number of hydrogen-bond donors (Lipinski definition) is 1. The molecule has 1 amide bonds. The van der Waals surface area contributed by atoms with Crippen LogP contribution in [-0.4, -0.2) is 16.0 Å². The first-order valence-electron chi connectivity index (χ1n) is 7.61. The van der Waals surface area contributed by atoms with Gasteiger partial charge >= 0.3 is 0 Å². The zero-order valence-corrected chi connectivity index (χ0v) is 14.4. The van der Waals surface area contributed by atoms with Crippen molar-refractivity contribution in [2.75, 3.05) is 5.32 Å². The summed E-state index contributed by atoms with van der Waals surface area (Å²) in [5.41, 5.74) is 1.27. The fourth-order valence-electron chi connectivity index (χ4n) is 2.37. The molecule has 0 atom stereocenters. The van der Waals surface area contributed by atoms with Crippen LogP contribution in [0.4, 0.5) is 5.69 Å². The minimum atomic E-state index is -0.197. The molecule has 0 saturated heterocycles. The molecule has 7 heteroatoms. The van der Waals surface area contributed by atoms with Crippen molar-refractivity contribution in [1.82, 2.24) is 10.1 Å². The number of carbonyl (C=O) groups is 1. The van der Waals surface area contributed by atoms with Crippen LogP contribution < -0.4 is 5.32 Å². The van der Waals surface area contributed by atoms with Crippen LogP contribution in [0.3, 0.4) is 0 Å². The van der Waals surface area contributed by atoms with Crippen molar-refractivity contribution >= 4 is 34.5 Å². The molecule has 1 fully saturated rings. The number of nitrogens with zero attached hydrogens (tertiary/aromatic N) is 2. The van der Waals surface area contributed by atoms with E-state index >= 15 is 0 Å². The highest BCUT2D eigenvalue weighted by Gasteiger charge is 2.30. The Bertz CT molecular complexity index is 914. The van der Waals surface area contributed by atoms with Crippen LogP contribution in [0.1, 0.15) is 39.9 Å². The Balaban J connectivity index is 1.55. The SMILES string of the molecule is Cc1sc(-c2noc(C3CC3)n2)cc1NC(=O)c1cccc(Cl)c1. The number of nitrogens with one attached hydrogen (secondary N) is 1. The van der Waals surface area contributed by atoms with Crippen molar-refractivity contribution in [3.8, 4) is 10.7 Å². The van der Waals surface area contributed by atoms with Crippen LogP contribution in [0.2, 0.25) is 5.02 Å². The highest BCUT2D eigenvalue weighted by Crippen LogP contribution is 2.40.